The van der Waals surface area contributed by atoms with Gasteiger partial charge in [0.15, 0.2) is 10.7 Å². The van der Waals surface area contributed by atoms with Crippen LogP contribution in [0.1, 0.15) is 23.9 Å². The average Bonchev–Trinajstić information content (AvgIpc) is 3.24. The van der Waals surface area contributed by atoms with Gasteiger partial charge in [0.1, 0.15) is 17.0 Å². The quantitative estimate of drug-likeness (QED) is 0.223. The van der Waals surface area contributed by atoms with Crippen molar-refractivity contribution in [2.75, 3.05) is 14.2 Å². The molecule has 0 amide bonds. The van der Waals surface area contributed by atoms with Crippen LogP contribution in [-0.4, -0.2) is 40.7 Å². The number of ether oxygens (including phenoxy) is 2. The first-order valence-corrected chi connectivity index (χ1v) is 9.75. The van der Waals surface area contributed by atoms with E-state index in [1.54, 1.807) is 10.5 Å². The molecule has 11 nitrogen and oxygen atoms in total. The van der Waals surface area contributed by atoms with Gasteiger partial charge in [0.25, 0.3) is 0 Å². The number of halogens is 1. The lowest BCUT2D eigenvalue weighted by molar-refractivity contribution is -0.385. The molecule has 3 aromatic rings. The molecule has 3 rings (SSSR count). The van der Waals surface area contributed by atoms with Crippen LogP contribution in [0, 0.1) is 10.1 Å². The number of methoxy groups -OCH3 is 2. The first-order valence-electron chi connectivity index (χ1n) is 8.93. The van der Waals surface area contributed by atoms with Crippen molar-refractivity contribution in [3.63, 3.8) is 0 Å². The average molecular weight is 468 g/mol. The maximum absolute atomic E-state index is 11.9. The molecule has 0 atom stereocenters. The second kappa shape index (κ2) is 10.1. The van der Waals surface area contributed by atoms with Gasteiger partial charge in [0.05, 0.1) is 31.1 Å². The number of fused-ring (bicyclic) bond motifs is 1. The van der Waals surface area contributed by atoms with Crippen LogP contribution in [0.3, 0.4) is 0 Å². The van der Waals surface area contributed by atoms with Crippen molar-refractivity contribution in [1.29, 1.82) is 0 Å². The Morgan fingerprint density at radius 1 is 1.32 bits per heavy atom. The van der Waals surface area contributed by atoms with Crippen LogP contribution in [0.25, 0.3) is 16.2 Å². The lowest BCUT2D eigenvalue weighted by Gasteiger charge is -2.11. The van der Waals surface area contributed by atoms with Crippen molar-refractivity contribution < 1.29 is 14.4 Å². The normalized spacial score (nSPS) is 10.8. The van der Waals surface area contributed by atoms with E-state index in [0.717, 1.165) is 17.7 Å². The second-order valence-electron chi connectivity index (χ2n) is 6.17. The minimum Gasteiger partial charge on any atom is -0.496 e. The Morgan fingerprint density at radius 3 is 2.58 bits per heavy atom. The van der Waals surface area contributed by atoms with E-state index >= 15 is 0 Å². The summed E-state index contributed by atoms with van der Waals surface area (Å²) >= 11 is 1.49. The highest BCUT2D eigenvalue weighted by atomic mass is 35.5. The molecule has 0 fully saturated rings. The predicted octanol–water partition coefficient (Wildman–Crippen LogP) is 2.97. The number of thiazole rings is 1. The fourth-order valence-electron chi connectivity index (χ4n) is 3.03. The van der Waals surface area contributed by atoms with Crippen LogP contribution >= 0.6 is 23.7 Å². The Balaban J connectivity index is 0.00000341. The van der Waals surface area contributed by atoms with E-state index in [2.05, 4.69) is 22.1 Å². The summed E-state index contributed by atoms with van der Waals surface area (Å²) in [5.41, 5.74) is 11.4. The van der Waals surface area contributed by atoms with Gasteiger partial charge in [-0.2, -0.15) is 5.10 Å². The highest BCUT2D eigenvalue weighted by molar-refractivity contribution is 7.17. The number of imidazole rings is 1. The van der Waals surface area contributed by atoms with Gasteiger partial charge in [-0.1, -0.05) is 13.3 Å². The van der Waals surface area contributed by atoms with E-state index in [9.17, 15) is 10.1 Å². The Hall–Kier alpha value is -3.38. The summed E-state index contributed by atoms with van der Waals surface area (Å²) in [7, 11) is 2.79. The third kappa shape index (κ3) is 4.70. The molecule has 0 saturated heterocycles. The first kappa shape index (κ1) is 23.9. The standard InChI is InChI=1S/C18H21N7O4S.ClH/c1-4-5-10-9-24-11(8-21-23-17(19)20)15(22-18(24)30-10)14-12(28-2)6-7-13(29-3)16(14)25(26)27;/h6-9H,4-5H2,1-3H3,(H4,19,20,23);1H/b21-8+;. The molecule has 0 spiro atoms. The molecule has 0 unspecified atom stereocenters. The van der Waals surface area contributed by atoms with Gasteiger partial charge in [-0.3, -0.25) is 14.5 Å². The molecule has 2 heterocycles. The van der Waals surface area contributed by atoms with Crippen molar-refractivity contribution in [3.05, 3.63) is 39.0 Å². The van der Waals surface area contributed by atoms with Crippen LogP contribution in [0.2, 0.25) is 0 Å². The maximum Gasteiger partial charge on any atom is 0.324 e. The molecule has 0 radical (unpaired) electrons. The zero-order valence-corrected chi connectivity index (χ0v) is 18.7. The largest absolute Gasteiger partial charge is 0.496 e. The highest BCUT2D eigenvalue weighted by Crippen LogP contribution is 2.45. The first-order chi connectivity index (χ1) is 14.4. The molecule has 0 aliphatic carbocycles. The lowest BCUT2D eigenvalue weighted by atomic mass is 10.1. The summed E-state index contributed by atoms with van der Waals surface area (Å²) in [5.74, 6) is 0.153. The van der Waals surface area contributed by atoms with E-state index in [1.165, 1.54) is 37.8 Å². The van der Waals surface area contributed by atoms with Crippen molar-refractivity contribution in [2.24, 2.45) is 21.7 Å². The number of nitrogens with two attached hydrogens (primary N) is 2. The third-order valence-electron chi connectivity index (χ3n) is 4.22. The van der Waals surface area contributed by atoms with Gasteiger partial charge >= 0.3 is 5.69 Å². The van der Waals surface area contributed by atoms with Crippen LogP contribution in [0.4, 0.5) is 5.69 Å². The SMILES string of the molecule is CCCc1cn2c(/C=N/N=C(N)N)c(-c3c(OC)ccc(OC)c3[N+](=O)[O-])nc2s1.Cl. The molecule has 0 bridgehead atoms. The van der Waals surface area contributed by atoms with Crippen LogP contribution in [0.5, 0.6) is 11.5 Å². The highest BCUT2D eigenvalue weighted by Gasteiger charge is 2.30. The number of hydrogen-bond acceptors (Lipinski definition) is 8. The fourth-order valence-corrected chi connectivity index (χ4v) is 4.11. The van der Waals surface area contributed by atoms with E-state index in [1.807, 2.05) is 6.20 Å². The molecule has 0 aliphatic rings. The van der Waals surface area contributed by atoms with Gasteiger partial charge in [-0.25, -0.2) is 4.98 Å². The van der Waals surface area contributed by atoms with E-state index in [0.29, 0.717) is 16.3 Å². The minimum atomic E-state index is -0.524. The fraction of sp³-hybridized carbons (Fsp3) is 0.278. The topological polar surface area (TPSA) is 156 Å². The van der Waals surface area contributed by atoms with E-state index in [-0.39, 0.29) is 41.1 Å². The van der Waals surface area contributed by atoms with Gasteiger partial charge in [-0.05, 0) is 18.6 Å². The Kier molecular flexibility index (Phi) is 7.78. The van der Waals surface area contributed by atoms with E-state index < -0.39 is 4.92 Å². The maximum atomic E-state index is 11.9. The number of nitro groups is 1. The number of rotatable bonds is 8. The van der Waals surface area contributed by atoms with Gasteiger partial charge in [0.2, 0.25) is 5.96 Å². The van der Waals surface area contributed by atoms with E-state index in [4.69, 9.17) is 20.9 Å². The third-order valence-corrected chi connectivity index (χ3v) is 5.26. The summed E-state index contributed by atoms with van der Waals surface area (Å²) < 4.78 is 12.4. The molecule has 13 heteroatoms. The van der Waals surface area contributed by atoms with Gasteiger partial charge < -0.3 is 20.9 Å². The monoisotopic (exact) mass is 467 g/mol. The van der Waals surface area contributed by atoms with Crippen LogP contribution in [-0.2, 0) is 6.42 Å². The molecular weight excluding hydrogens is 446 g/mol. The van der Waals surface area contributed by atoms with Crippen molar-refractivity contribution >= 4 is 46.6 Å². The molecule has 2 aromatic heterocycles. The van der Waals surface area contributed by atoms with Crippen molar-refractivity contribution in [1.82, 2.24) is 9.38 Å². The number of aryl methyl sites for hydroxylation is 1. The summed E-state index contributed by atoms with van der Waals surface area (Å²) in [4.78, 5) is 17.8. The summed E-state index contributed by atoms with van der Waals surface area (Å²) in [6.07, 6.45) is 5.19. The molecule has 0 saturated carbocycles. The summed E-state index contributed by atoms with van der Waals surface area (Å²) in [6.45, 7) is 2.08. The minimum absolute atomic E-state index is 0. The molecule has 0 aliphatic heterocycles. The Bertz CT molecular complexity index is 1150. The molecule has 166 valence electrons. The molecule has 4 N–H and O–H groups in total. The van der Waals surface area contributed by atoms with Crippen molar-refractivity contribution in [2.45, 2.75) is 19.8 Å². The number of guanidine groups is 1. The number of nitrogens with zero attached hydrogens (tertiary/aromatic N) is 5. The smallest absolute Gasteiger partial charge is 0.324 e. The molecule has 1 aromatic carbocycles. The van der Waals surface area contributed by atoms with Gasteiger partial charge in [-0.15, -0.1) is 28.8 Å². The van der Waals surface area contributed by atoms with Crippen LogP contribution in [0.15, 0.2) is 28.5 Å². The van der Waals surface area contributed by atoms with Crippen LogP contribution < -0.4 is 20.9 Å². The number of benzene rings is 1. The summed E-state index contributed by atoms with van der Waals surface area (Å²) in [6, 6.07) is 3.07. The molecule has 31 heavy (non-hydrogen) atoms. The zero-order chi connectivity index (χ0) is 21.8. The number of aromatic nitrogens is 2. The summed E-state index contributed by atoms with van der Waals surface area (Å²) in [5, 5.41) is 19.4. The molecular formula is C18H22ClN7O4S. The predicted molar refractivity (Wildman–Crippen MR) is 123 cm³/mol. The Labute approximate surface area is 187 Å². The van der Waals surface area contributed by atoms with Crippen molar-refractivity contribution in [3.8, 4) is 22.8 Å². The number of hydrogen-bond donors (Lipinski definition) is 2. The zero-order valence-electron chi connectivity index (χ0n) is 17.1. The Morgan fingerprint density at radius 2 is 2.00 bits per heavy atom. The number of nitro benzene ring substituents is 1. The van der Waals surface area contributed by atoms with Gasteiger partial charge in [0, 0.05) is 11.1 Å². The lowest BCUT2D eigenvalue weighted by Crippen LogP contribution is -2.21. The second-order valence-corrected chi connectivity index (χ2v) is 7.26.